The van der Waals surface area contributed by atoms with E-state index in [9.17, 15) is 14.4 Å². The summed E-state index contributed by atoms with van der Waals surface area (Å²) in [4.78, 5) is 33.5. The summed E-state index contributed by atoms with van der Waals surface area (Å²) in [6.45, 7) is 2.25. The lowest BCUT2D eigenvalue weighted by atomic mass is 10.2. The molecule has 0 atom stereocenters. The summed E-state index contributed by atoms with van der Waals surface area (Å²) >= 11 is 5.97. The van der Waals surface area contributed by atoms with Crippen LogP contribution in [0.4, 0.5) is 10.5 Å². The van der Waals surface area contributed by atoms with E-state index in [0.29, 0.717) is 17.1 Å². The molecule has 0 heterocycles. The maximum atomic E-state index is 11.8. The molecule has 0 aliphatic heterocycles. The number of hydrogen-bond donors (Lipinski definition) is 4. The van der Waals surface area contributed by atoms with E-state index in [-0.39, 0.29) is 31.8 Å². The van der Waals surface area contributed by atoms with Crippen LogP contribution in [0.1, 0.15) is 24.8 Å². The summed E-state index contributed by atoms with van der Waals surface area (Å²) < 4.78 is 0. The maximum Gasteiger partial charge on any atom is 0.314 e. The van der Waals surface area contributed by atoms with Gasteiger partial charge in [0.25, 0.3) is 0 Å². The molecule has 0 aromatic heterocycles. The van der Waals surface area contributed by atoms with Crippen molar-refractivity contribution in [1.82, 2.24) is 10.6 Å². The third-order valence-corrected chi connectivity index (χ3v) is 3.44. The first-order valence-electron chi connectivity index (χ1n) is 7.18. The SMILES string of the molecule is Cc1c(Cl)cccc1NC(=O)CCNC(=O)NCCCC(=O)O. The summed E-state index contributed by atoms with van der Waals surface area (Å²) in [5, 5.41) is 16.8. The van der Waals surface area contributed by atoms with Gasteiger partial charge in [0.1, 0.15) is 0 Å². The second-order valence-corrected chi connectivity index (χ2v) is 5.30. The molecule has 3 amide bonds. The lowest BCUT2D eigenvalue weighted by Crippen LogP contribution is -2.37. The Morgan fingerprint density at radius 2 is 1.83 bits per heavy atom. The highest BCUT2D eigenvalue weighted by atomic mass is 35.5. The quantitative estimate of drug-likeness (QED) is 0.543. The molecule has 0 fully saturated rings. The number of carboxylic acid groups (broad SMARTS) is 1. The van der Waals surface area contributed by atoms with E-state index in [0.717, 1.165) is 5.56 Å². The van der Waals surface area contributed by atoms with Crippen molar-refractivity contribution in [3.63, 3.8) is 0 Å². The van der Waals surface area contributed by atoms with Crippen LogP contribution < -0.4 is 16.0 Å². The number of halogens is 1. The highest BCUT2D eigenvalue weighted by Gasteiger charge is 2.07. The Morgan fingerprint density at radius 3 is 2.52 bits per heavy atom. The second kappa shape index (κ2) is 9.68. The molecule has 8 heteroatoms. The molecular weight excluding hydrogens is 322 g/mol. The van der Waals surface area contributed by atoms with Crippen LogP contribution in [0.25, 0.3) is 0 Å². The number of urea groups is 1. The number of anilines is 1. The molecular formula is C15H20ClN3O4. The fraction of sp³-hybridized carbons (Fsp3) is 0.400. The van der Waals surface area contributed by atoms with E-state index >= 15 is 0 Å². The predicted molar refractivity (Wildman–Crippen MR) is 87.7 cm³/mol. The van der Waals surface area contributed by atoms with Gasteiger partial charge in [-0.15, -0.1) is 0 Å². The molecule has 23 heavy (non-hydrogen) atoms. The Morgan fingerprint density at radius 1 is 1.13 bits per heavy atom. The minimum Gasteiger partial charge on any atom is -0.481 e. The van der Waals surface area contributed by atoms with Gasteiger partial charge in [-0.25, -0.2) is 4.79 Å². The van der Waals surface area contributed by atoms with Crippen molar-refractivity contribution in [2.75, 3.05) is 18.4 Å². The van der Waals surface area contributed by atoms with E-state index < -0.39 is 12.0 Å². The lowest BCUT2D eigenvalue weighted by Gasteiger charge is -2.10. The zero-order valence-electron chi connectivity index (χ0n) is 12.8. The number of hydrogen-bond acceptors (Lipinski definition) is 3. The van der Waals surface area contributed by atoms with Gasteiger partial charge in [-0.1, -0.05) is 17.7 Å². The number of benzene rings is 1. The standard InChI is InChI=1S/C15H20ClN3O4/c1-10-11(16)4-2-5-12(10)19-13(20)7-9-18-15(23)17-8-3-6-14(21)22/h2,4-5H,3,6-9H2,1H3,(H,19,20)(H,21,22)(H2,17,18,23). The highest BCUT2D eigenvalue weighted by Crippen LogP contribution is 2.22. The van der Waals surface area contributed by atoms with E-state index in [1.54, 1.807) is 25.1 Å². The summed E-state index contributed by atoms with van der Waals surface area (Å²) in [5.74, 6) is -1.14. The Kier molecular flexibility index (Phi) is 7.90. The third kappa shape index (κ3) is 7.51. The van der Waals surface area contributed by atoms with Crippen molar-refractivity contribution >= 4 is 35.2 Å². The number of rotatable bonds is 8. The molecule has 0 saturated heterocycles. The Labute approximate surface area is 139 Å². The first kappa shape index (κ1) is 18.8. The van der Waals surface area contributed by atoms with Gasteiger partial charge in [0.05, 0.1) is 0 Å². The molecule has 4 N–H and O–H groups in total. The van der Waals surface area contributed by atoms with Crippen molar-refractivity contribution in [2.24, 2.45) is 0 Å². The van der Waals surface area contributed by atoms with Crippen LogP contribution in [0.5, 0.6) is 0 Å². The van der Waals surface area contributed by atoms with Crippen LogP contribution in [-0.4, -0.2) is 36.1 Å². The number of nitrogens with one attached hydrogen (secondary N) is 3. The van der Waals surface area contributed by atoms with E-state index in [4.69, 9.17) is 16.7 Å². The topological polar surface area (TPSA) is 108 Å². The summed E-state index contributed by atoms with van der Waals surface area (Å²) in [6.07, 6.45) is 0.480. The van der Waals surface area contributed by atoms with E-state index in [1.807, 2.05) is 0 Å². The van der Waals surface area contributed by atoms with Gasteiger partial charge in [0.2, 0.25) is 5.91 Å². The van der Waals surface area contributed by atoms with Crippen LogP contribution in [-0.2, 0) is 9.59 Å². The average Bonchev–Trinajstić information content (AvgIpc) is 2.48. The number of aliphatic carboxylic acids is 1. The first-order valence-corrected chi connectivity index (χ1v) is 7.56. The second-order valence-electron chi connectivity index (χ2n) is 4.89. The molecule has 0 aliphatic carbocycles. The van der Waals surface area contributed by atoms with Crippen LogP contribution >= 0.6 is 11.6 Å². The van der Waals surface area contributed by atoms with Crippen molar-refractivity contribution in [1.29, 1.82) is 0 Å². The summed E-state index contributed by atoms with van der Waals surface area (Å²) in [6, 6.07) is 4.81. The van der Waals surface area contributed by atoms with Crippen LogP contribution in [0, 0.1) is 6.92 Å². The minimum absolute atomic E-state index is 0.00166. The van der Waals surface area contributed by atoms with Crippen LogP contribution in [0.3, 0.4) is 0 Å². The summed E-state index contributed by atoms with van der Waals surface area (Å²) in [5.41, 5.74) is 1.42. The molecule has 0 saturated carbocycles. The zero-order valence-corrected chi connectivity index (χ0v) is 13.6. The normalized spacial score (nSPS) is 10.0. The maximum absolute atomic E-state index is 11.8. The highest BCUT2D eigenvalue weighted by molar-refractivity contribution is 6.31. The van der Waals surface area contributed by atoms with Gasteiger partial charge < -0.3 is 21.1 Å². The van der Waals surface area contributed by atoms with Gasteiger partial charge in [-0.05, 0) is 31.0 Å². The molecule has 0 bridgehead atoms. The molecule has 0 unspecified atom stereocenters. The van der Waals surface area contributed by atoms with Crippen molar-refractivity contribution in [2.45, 2.75) is 26.2 Å². The number of carbonyl (C=O) groups excluding carboxylic acids is 2. The van der Waals surface area contributed by atoms with Crippen LogP contribution in [0.2, 0.25) is 5.02 Å². The zero-order chi connectivity index (χ0) is 17.2. The Balaban J connectivity index is 2.22. The van der Waals surface area contributed by atoms with Gasteiger partial charge in [0.15, 0.2) is 0 Å². The van der Waals surface area contributed by atoms with Crippen molar-refractivity contribution < 1.29 is 19.5 Å². The molecule has 7 nitrogen and oxygen atoms in total. The fourth-order valence-corrected chi connectivity index (χ4v) is 1.92. The summed E-state index contributed by atoms with van der Waals surface area (Å²) in [7, 11) is 0. The van der Waals surface area contributed by atoms with Gasteiger partial charge in [0, 0.05) is 36.6 Å². The molecule has 0 radical (unpaired) electrons. The van der Waals surface area contributed by atoms with Crippen LogP contribution in [0.15, 0.2) is 18.2 Å². The molecule has 0 aliphatic rings. The molecule has 126 valence electrons. The van der Waals surface area contributed by atoms with E-state index in [2.05, 4.69) is 16.0 Å². The van der Waals surface area contributed by atoms with E-state index in [1.165, 1.54) is 0 Å². The minimum atomic E-state index is -0.903. The van der Waals surface area contributed by atoms with Gasteiger partial charge >= 0.3 is 12.0 Å². The largest absolute Gasteiger partial charge is 0.481 e. The number of carbonyl (C=O) groups is 3. The molecule has 0 spiro atoms. The van der Waals surface area contributed by atoms with Crippen molar-refractivity contribution in [3.8, 4) is 0 Å². The predicted octanol–water partition coefficient (Wildman–Crippen LogP) is 2.14. The Bertz CT molecular complexity index is 578. The van der Waals surface area contributed by atoms with Gasteiger partial charge in [-0.3, -0.25) is 9.59 Å². The number of carboxylic acids is 1. The Hall–Kier alpha value is -2.28. The first-order chi connectivity index (χ1) is 10.9. The fourth-order valence-electron chi connectivity index (χ4n) is 1.75. The monoisotopic (exact) mass is 341 g/mol. The van der Waals surface area contributed by atoms with Gasteiger partial charge in [-0.2, -0.15) is 0 Å². The third-order valence-electron chi connectivity index (χ3n) is 3.03. The molecule has 1 rings (SSSR count). The lowest BCUT2D eigenvalue weighted by molar-refractivity contribution is -0.137. The van der Waals surface area contributed by atoms with Crippen molar-refractivity contribution in [3.05, 3.63) is 28.8 Å². The smallest absolute Gasteiger partial charge is 0.314 e. The molecule has 1 aromatic carbocycles. The number of amides is 3. The molecule has 1 aromatic rings. The average molecular weight is 342 g/mol.